The van der Waals surface area contributed by atoms with Gasteiger partial charge in [-0.15, -0.1) is 10.2 Å². The molecule has 0 aliphatic heterocycles. The molecule has 2 heterocycles. The number of nitrogens with two attached hydrogens (primary N) is 1. The first-order valence-electron chi connectivity index (χ1n) is 9.36. The van der Waals surface area contributed by atoms with Gasteiger partial charge in [0.15, 0.2) is 10.9 Å². The first-order chi connectivity index (χ1) is 13.8. The molecule has 0 bridgehead atoms. The van der Waals surface area contributed by atoms with Crippen molar-refractivity contribution in [2.24, 2.45) is 5.73 Å². The maximum atomic E-state index is 13.0. The summed E-state index contributed by atoms with van der Waals surface area (Å²) in [5.74, 6) is 1.02. The highest BCUT2D eigenvalue weighted by Crippen LogP contribution is 2.27. The Labute approximate surface area is 173 Å². The quantitative estimate of drug-likeness (QED) is 0.427. The van der Waals surface area contributed by atoms with E-state index in [1.54, 1.807) is 6.26 Å². The topological polar surface area (TPSA) is 104 Å². The number of Topliss-reactive ketones (excluding diaryl/α,β-unsaturated/α-hetero) is 1. The minimum absolute atomic E-state index is 0.0439. The van der Waals surface area contributed by atoms with Gasteiger partial charge in [0, 0.05) is 18.4 Å². The Bertz CT molecular complexity index is 1010. The number of aryl methyl sites for hydroxylation is 3. The molecule has 7 nitrogen and oxygen atoms in total. The Kier molecular flexibility index (Phi) is 6.53. The Hall–Kier alpha value is -2.87. The van der Waals surface area contributed by atoms with Crippen LogP contribution in [-0.4, -0.2) is 31.7 Å². The van der Waals surface area contributed by atoms with Crippen LogP contribution in [0.25, 0.3) is 0 Å². The minimum atomic E-state index is -0.398. The average molecular weight is 413 g/mol. The number of nitrogens with zero attached hydrogens (tertiary/aromatic N) is 3. The van der Waals surface area contributed by atoms with Gasteiger partial charge >= 0.3 is 0 Å². The maximum absolute atomic E-state index is 13.0. The number of carbonyl (C=O) groups is 2. The second-order valence-electron chi connectivity index (χ2n) is 6.97. The summed E-state index contributed by atoms with van der Waals surface area (Å²) in [5, 5.41) is 8.73. The van der Waals surface area contributed by atoms with Crippen LogP contribution >= 0.6 is 11.8 Å². The van der Waals surface area contributed by atoms with Crippen molar-refractivity contribution in [1.29, 1.82) is 0 Å². The standard InChI is InChI=1S/C21H24N4O3S/c1-13-6-7-14(2)17(11-13)20(27)15(3)29-21-24-23-19(9-8-18(22)26)25(21)12-16-5-4-10-28-16/h4-7,10-11,15H,8-9,12H2,1-3H3,(H2,22,26). The summed E-state index contributed by atoms with van der Waals surface area (Å²) in [5.41, 5.74) is 8.00. The van der Waals surface area contributed by atoms with Crippen molar-refractivity contribution < 1.29 is 14.0 Å². The van der Waals surface area contributed by atoms with Crippen molar-refractivity contribution in [3.8, 4) is 0 Å². The molecule has 1 atom stereocenters. The van der Waals surface area contributed by atoms with Crippen molar-refractivity contribution in [3.05, 3.63) is 64.9 Å². The molecule has 1 aromatic carbocycles. The molecule has 0 saturated heterocycles. The van der Waals surface area contributed by atoms with E-state index in [9.17, 15) is 9.59 Å². The van der Waals surface area contributed by atoms with E-state index in [4.69, 9.17) is 10.2 Å². The Balaban J connectivity index is 1.84. The fourth-order valence-corrected chi connectivity index (χ4v) is 3.91. The smallest absolute Gasteiger partial charge is 0.217 e. The van der Waals surface area contributed by atoms with Gasteiger partial charge in [0.2, 0.25) is 5.91 Å². The van der Waals surface area contributed by atoms with Crippen molar-refractivity contribution in [2.45, 2.75) is 50.6 Å². The number of rotatable bonds is 9. The van der Waals surface area contributed by atoms with Gasteiger partial charge in [-0.3, -0.25) is 14.2 Å². The number of hydrogen-bond acceptors (Lipinski definition) is 6. The summed E-state index contributed by atoms with van der Waals surface area (Å²) in [4.78, 5) is 24.2. The minimum Gasteiger partial charge on any atom is -0.467 e. The number of primary amides is 1. The summed E-state index contributed by atoms with van der Waals surface area (Å²) in [6, 6.07) is 9.54. The van der Waals surface area contributed by atoms with Crippen LogP contribution in [0.2, 0.25) is 0 Å². The van der Waals surface area contributed by atoms with E-state index in [1.165, 1.54) is 11.8 Å². The molecule has 0 aliphatic carbocycles. The summed E-state index contributed by atoms with van der Waals surface area (Å²) < 4.78 is 7.32. The number of benzene rings is 1. The van der Waals surface area contributed by atoms with E-state index < -0.39 is 5.91 Å². The van der Waals surface area contributed by atoms with Gasteiger partial charge in [-0.1, -0.05) is 29.5 Å². The molecule has 152 valence electrons. The zero-order valence-corrected chi connectivity index (χ0v) is 17.5. The fraction of sp³-hybridized carbons (Fsp3) is 0.333. The molecule has 0 spiro atoms. The molecule has 0 fully saturated rings. The number of thioether (sulfide) groups is 1. The molecule has 29 heavy (non-hydrogen) atoms. The number of aromatic nitrogens is 3. The largest absolute Gasteiger partial charge is 0.467 e. The van der Waals surface area contributed by atoms with Crippen LogP contribution < -0.4 is 5.73 Å². The van der Waals surface area contributed by atoms with Crippen molar-refractivity contribution >= 4 is 23.5 Å². The Morgan fingerprint density at radius 2 is 2.03 bits per heavy atom. The van der Waals surface area contributed by atoms with Gasteiger partial charge in [-0.25, -0.2) is 0 Å². The molecule has 3 rings (SSSR count). The first kappa shape index (κ1) is 20.9. The summed E-state index contributed by atoms with van der Waals surface area (Å²) in [7, 11) is 0. The van der Waals surface area contributed by atoms with Gasteiger partial charge in [-0.05, 0) is 44.5 Å². The molecule has 1 amide bonds. The Morgan fingerprint density at radius 1 is 1.24 bits per heavy atom. The molecule has 1 unspecified atom stereocenters. The SMILES string of the molecule is Cc1ccc(C)c(C(=O)C(C)Sc2nnc(CCC(N)=O)n2Cc2ccco2)c1. The fourth-order valence-electron chi connectivity index (χ4n) is 2.98. The highest BCUT2D eigenvalue weighted by molar-refractivity contribution is 8.00. The normalized spacial score (nSPS) is 12.1. The number of amides is 1. The van der Waals surface area contributed by atoms with Crippen LogP contribution in [0, 0.1) is 13.8 Å². The highest BCUT2D eigenvalue weighted by Gasteiger charge is 2.23. The lowest BCUT2D eigenvalue weighted by molar-refractivity contribution is -0.118. The van der Waals surface area contributed by atoms with Crippen molar-refractivity contribution in [2.75, 3.05) is 0 Å². The zero-order valence-electron chi connectivity index (χ0n) is 16.7. The number of hydrogen-bond donors (Lipinski definition) is 1. The summed E-state index contributed by atoms with van der Waals surface area (Å²) >= 11 is 1.35. The van der Waals surface area contributed by atoms with E-state index in [0.717, 1.165) is 22.5 Å². The third kappa shape index (κ3) is 5.14. The average Bonchev–Trinajstić information content (AvgIpc) is 3.32. The highest BCUT2D eigenvalue weighted by atomic mass is 32.2. The zero-order chi connectivity index (χ0) is 21.0. The third-order valence-electron chi connectivity index (χ3n) is 4.59. The summed E-state index contributed by atoms with van der Waals surface area (Å²) in [6.45, 7) is 6.19. The maximum Gasteiger partial charge on any atom is 0.217 e. The van der Waals surface area contributed by atoms with E-state index in [0.29, 0.717) is 23.9 Å². The lowest BCUT2D eigenvalue weighted by Crippen LogP contribution is -2.17. The molecular formula is C21H24N4O3S. The third-order valence-corrected chi connectivity index (χ3v) is 5.67. The lowest BCUT2D eigenvalue weighted by atomic mass is 10.0. The lowest BCUT2D eigenvalue weighted by Gasteiger charge is -2.14. The number of furan rings is 1. The van der Waals surface area contributed by atoms with Crippen LogP contribution in [0.4, 0.5) is 0 Å². The van der Waals surface area contributed by atoms with Gasteiger partial charge < -0.3 is 10.2 Å². The first-order valence-corrected chi connectivity index (χ1v) is 10.2. The van der Waals surface area contributed by atoms with Gasteiger partial charge in [0.1, 0.15) is 11.6 Å². The van der Waals surface area contributed by atoms with Crippen LogP contribution in [0.15, 0.2) is 46.2 Å². The Morgan fingerprint density at radius 3 is 2.72 bits per heavy atom. The predicted octanol–water partition coefficient (Wildman–Crippen LogP) is 3.32. The molecule has 2 aromatic heterocycles. The van der Waals surface area contributed by atoms with Crippen LogP contribution in [-0.2, 0) is 17.8 Å². The monoisotopic (exact) mass is 412 g/mol. The van der Waals surface area contributed by atoms with Crippen molar-refractivity contribution in [3.63, 3.8) is 0 Å². The van der Waals surface area contributed by atoms with Crippen molar-refractivity contribution in [1.82, 2.24) is 14.8 Å². The van der Waals surface area contributed by atoms with E-state index in [2.05, 4.69) is 10.2 Å². The van der Waals surface area contributed by atoms with E-state index in [1.807, 2.05) is 55.7 Å². The number of ketones is 1. The second kappa shape index (κ2) is 9.09. The molecule has 8 heteroatoms. The molecule has 0 saturated carbocycles. The van der Waals surface area contributed by atoms with Gasteiger partial charge in [0.05, 0.1) is 18.1 Å². The van der Waals surface area contributed by atoms with Gasteiger partial charge in [-0.2, -0.15) is 0 Å². The van der Waals surface area contributed by atoms with Gasteiger partial charge in [0.25, 0.3) is 0 Å². The molecule has 0 radical (unpaired) electrons. The predicted molar refractivity (Wildman–Crippen MR) is 111 cm³/mol. The van der Waals surface area contributed by atoms with Crippen LogP contribution in [0.5, 0.6) is 0 Å². The van der Waals surface area contributed by atoms with Crippen LogP contribution in [0.1, 0.15) is 46.4 Å². The number of carbonyl (C=O) groups excluding carboxylic acids is 2. The molecule has 2 N–H and O–H groups in total. The molecular weight excluding hydrogens is 388 g/mol. The summed E-state index contributed by atoms with van der Waals surface area (Å²) in [6.07, 6.45) is 2.16. The molecule has 0 aliphatic rings. The molecule has 3 aromatic rings. The second-order valence-corrected chi connectivity index (χ2v) is 8.28. The van der Waals surface area contributed by atoms with E-state index in [-0.39, 0.29) is 17.5 Å². The van der Waals surface area contributed by atoms with Crippen LogP contribution in [0.3, 0.4) is 0 Å². The van der Waals surface area contributed by atoms with E-state index >= 15 is 0 Å².